The SMILES string of the molecule is CCCCCCCC(CCCC[n+]1ccccc1)C(N)=O. The number of hydrogen-bond donors (Lipinski definition) is 1. The van der Waals surface area contributed by atoms with Crippen LogP contribution in [0, 0.1) is 5.92 Å². The average molecular weight is 291 g/mol. The maximum atomic E-state index is 11.5. The molecule has 3 heteroatoms. The number of nitrogens with zero attached hydrogens (tertiary/aromatic N) is 1. The molecule has 1 amide bonds. The highest BCUT2D eigenvalue weighted by Crippen LogP contribution is 2.17. The molecule has 0 spiro atoms. The molecule has 2 N–H and O–H groups in total. The molecule has 0 saturated heterocycles. The molecule has 0 aliphatic heterocycles. The highest BCUT2D eigenvalue weighted by atomic mass is 16.1. The maximum absolute atomic E-state index is 11.5. The first-order valence-corrected chi connectivity index (χ1v) is 8.47. The zero-order valence-corrected chi connectivity index (χ0v) is 13.5. The van der Waals surface area contributed by atoms with E-state index in [1.807, 2.05) is 18.2 Å². The normalized spacial score (nSPS) is 12.2. The largest absolute Gasteiger partial charge is 0.369 e. The molecule has 0 aromatic carbocycles. The zero-order valence-electron chi connectivity index (χ0n) is 13.5. The van der Waals surface area contributed by atoms with Crippen molar-refractivity contribution in [2.75, 3.05) is 0 Å². The van der Waals surface area contributed by atoms with Crippen molar-refractivity contribution in [1.29, 1.82) is 0 Å². The summed E-state index contributed by atoms with van der Waals surface area (Å²) in [7, 11) is 0. The van der Waals surface area contributed by atoms with E-state index < -0.39 is 0 Å². The van der Waals surface area contributed by atoms with Gasteiger partial charge in [-0.25, -0.2) is 4.57 Å². The number of amides is 1. The number of carbonyl (C=O) groups excluding carboxylic acids is 1. The van der Waals surface area contributed by atoms with Crippen LogP contribution in [0.15, 0.2) is 30.6 Å². The van der Waals surface area contributed by atoms with Crippen LogP contribution in [0.5, 0.6) is 0 Å². The molecule has 1 atom stereocenters. The molecule has 0 bridgehead atoms. The monoisotopic (exact) mass is 291 g/mol. The topological polar surface area (TPSA) is 47.0 Å². The van der Waals surface area contributed by atoms with Crippen molar-refractivity contribution < 1.29 is 9.36 Å². The predicted octanol–water partition coefficient (Wildman–Crippen LogP) is 3.61. The Hall–Kier alpha value is -1.38. The van der Waals surface area contributed by atoms with Crippen LogP contribution in [0.25, 0.3) is 0 Å². The minimum absolute atomic E-state index is 0.0763. The Morgan fingerprint density at radius 1 is 0.952 bits per heavy atom. The van der Waals surface area contributed by atoms with Crippen molar-refractivity contribution in [2.24, 2.45) is 11.7 Å². The van der Waals surface area contributed by atoms with Crippen molar-refractivity contribution in [3.8, 4) is 0 Å². The Balaban J connectivity index is 2.14. The molecule has 1 heterocycles. The van der Waals surface area contributed by atoms with Crippen molar-refractivity contribution in [2.45, 2.75) is 71.3 Å². The summed E-state index contributed by atoms with van der Waals surface area (Å²) < 4.78 is 2.18. The highest BCUT2D eigenvalue weighted by molar-refractivity contribution is 5.76. The van der Waals surface area contributed by atoms with Crippen LogP contribution in [-0.2, 0) is 11.3 Å². The van der Waals surface area contributed by atoms with E-state index in [9.17, 15) is 4.79 Å². The van der Waals surface area contributed by atoms with Crippen LogP contribution in [0.2, 0.25) is 0 Å². The number of aryl methyl sites for hydroxylation is 1. The van der Waals surface area contributed by atoms with Gasteiger partial charge in [-0.2, -0.15) is 0 Å². The minimum atomic E-state index is -0.113. The van der Waals surface area contributed by atoms with Crippen molar-refractivity contribution in [3.05, 3.63) is 30.6 Å². The lowest BCUT2D eigenvalue weighted by Crippen LogP contribution is -2.32. The summed E-state index contributed by atoms with van der Waals surface area (Å²) in [4.78, 5) is 11.5. The van der Waals surface area contributed by atoms with E-state index in [0.717, 1.165) is 38.6 Å². The average Bonchev–Trinajstić information content (AvgIpc) is 2.50. The standard InChI is InChI=1S/C18H30N2O/c1-2-3-4-5-7-12-17(18(19)21)13-8-11-16-20-14-9-6-10-15-20/h6,9-10,14-15,17H,2-5,7-8,11-13,16H2,1H3,(H-,19,21)/p+1. The summed E-state index contributed by atoms with van der Waals surface area (Å²) in [6.45, 7) is 3.24. The van der Waals surface area contributed by atoms with Crippen LogP contribution in [0.4, 0.5) is 0 Å². The lowest BCUT2D eigenvalue weighted by atomic mass is 9.94. The van der Waals surface area contributed by atoms with Crippen LogP contribution < -0.4 is 10.3 Å². The number of pyridine rings is 1. The number of carbonyl (C=O) groups is 1. The predicted molar refractivity (Wildman–Crippen MR) is 86.5 cm³/mol. The van der Waals surface area contributed by atoms with Crippen molar-refractivity contribution in [3.63, 3.8) is 0 Å². The van der Waals surface area contributed by atoms with Gasteiger partial charge in [0.15, 0.2) is 12.4 Å². The maximum Gasteiger partial charge on any atom is 0.220 e. The van der Waals surface area contributed by atoms with E-state index in [4.69, 9.17) is 5.73 Å². The first-order valence-electron chi connectivity index (χ1n) is 8.47. The van der Waals surface area contributed by atoms with Crippen LogP contribution >= 0.6 is 0 Å². The van der Waals surface area contributed by atoms with Gasteiger partial charge in [-0.15, -0.1) is 0 Å². The number of hydrogen-bond acceptors (Lipinski definition) is 1. The zero-order chi connectivity index (χ0) is 15.3. The van der Waals surface area contributed by atoms with Gasteiger partial charge >= 0.3 is 0 Å². The summed E-state index contributed by atoms with van der Waals surface area (Å²) in [6.07, 6.45) is 14.5. The van der Waals surface area contributed by atoms with E-state index in [0.29, 0.717) is 0 Å². The Bertz CT molecular complexity index is 378. The third-order valence-electron chi connectivity index (χ3n) is 4.05. The van der Waals surface area contributed by atoms with Gasteiger partial charge in [-0.1, -0.05) is 45.1 Å². The third-order valence-corrected chi connectivity index (χ3v) is 4.05. The molecule has 21 heavy (non-hydrogen) atoms. The second kappa shape index (κ2) is 11.3. The molecule has 1 unspecified atom stereocenters. The second-order valence-electron chi connectivity index (χ2n) is 5.91. The molecule has 0 aliphatic carbocycles. The number of aromatic nitrogens is 1. The second-order valence-corrected chi connectivity index (χ2v) is 5.91. The van der Waals surface area contributed by atoms with Crippen LogP contribution in [0.3, 0.4) is 0 Å². The van der Waals surface area contributed by atoms with E-state index in [2.05, 4.69) is 23.9 Å². The first kappa shape index (κ1) is 17.7. The van der Waals surface area contributed by atoms with Gasteiger partial charge in [-0.05, 0) is 19.3 Å². The van der Waals surface area contributed by atoms with Gasteiger partial charge in [0.2, 0.25) is 5.91 Å². The minimum Gasteiger partial charge on any atom is -0.369 e. The third kappa shape index (κ3) is 8.49. The Morgan fingerprint density at radius 2 is 1.57 bits per heavy atom. The van der Waals surface area contributed by atoms with Gasteiger partial charge in [0.1, 0.15) is 6.54 Å². The Labute approximate surface area is 129 Å². The number of nitrogens with two attached hydrogens (primary N) is 1. The molecular weight excluding hydrogens is 260 g/mol. The van der Waals surface area contributed by atoms with Crippen molar-refractivity contribution >= 4 is 5.91 Å². The fourth-order valence-corrected chi connectivity index (χ4v) is 2.69. The summed E-state index contributed by atoms with van der Waals surface area (Å²) in [5.41, 5.74) is 5.53. The molecule has 0 radical (unpaired) electrons. The van der Waals surface area contributed by atoms with Crippen molar-refractivity contribution in [1.82, 2.24) is 0 Å². The lowest BCUT2D eigenvalue weighted by Gasteiger charge is -2.12. The molecule has 1 rings (SSSR count). The summed E-state index contributed by atoms with van der Waals surface area (Å²) >= 11 is 0. The van der Waals surface area contributed by atoms with Gasteiger partial charge in [-0.3, -0.25) is 4.79 Å². The highest BCUT2D eigenvalue weighted by Gasteiger charge is 2.14. The Morgan fingerprint density at radius 3 is 2.19 bits per heavy atom. The molecule has 0 fully saturated rings. The van der Waals surface area contributed by atoms with Crippen LogP contribution in [0.1, 0.15) is 64.7 Å². The number of primary amides is 1. The molecule has 1 aromatic rings. The molecule has 3 nitrogen and oxygen atoms in total. The molecule has 118 valence electrons. The smallest absolute Gasteiger partial charge is 0.220 e. The first-order chi connectivity index (χ1) is 10.2. The number of unbranched alkanes of at least 4 members (excludes halogenated alkanes) is 5. The van der Waals surface area contributed by atoms with E-state index in [-0.39, 0.29) is 11.8 Å². The summed E-state index contributed by atoms with van der Waals surface area (Å²) in [6, 6.07) is 6.11. The van der Waals surface area contributed by atoms with Gasteiger partial charge in [0.05, 0.1) is 0 Å². The van der Waals surface area contributed by atoms with Crippen LogP contribution in [-0.4, -0.2) is 5.91 Å². The molecule has 0 aliphatic rings. The molecular formula is C18H31N2O+. The molecule has 0 saturated carbocycles. The van der Waals surface area contributed by atoms with E-state index in [1.54, 1.807) is 0 Å². The van der Waals surface area contributed by atoms with Gasteiger partial charge in [0, 0.05) is 24.5 Å². The quantitative estimate of drug-likeness (QED) is 0.464. The van der Waals surface area contributed by atoms with E-state index >= 15 is 0 Å². The van der Waals surface area contributed by atoms with Gasteiger partial charge < -0.3 is 5.73 Å². The summed E-state index contributed by atoms with van der Waals surface area (Å²) in [5.74, 6) is -0.0368. The lowest BCUT2D eigenvalue weighted by molar-refractivity contribution is -0.697. The fourth-order valence-electron chi connectivity index (χ4n) is 2.69. The number of rotatable bonds is 12. The summed E-state index contributed by atoms with van der Waals surface area (Å²) in [5, 5.41) is 0. The van der Waals surface area contributed by atoms with E-state index in [1.165, 1.54) is 25.7 Å². The Kier molecular flexibility index (Phi) is 9.51. The van der Waals surface area contributed by atoms with Gasteiger partial charge in [0.25, 0.3) is 0 Å². The fraction of sp³-hybridized carbons (Fsp3) is 0.667. The molecule has 1 aromatic heterocycles.